The van der Waals surface area contributed by atoms with Gasteiger partial charge in [-0.2, -0.15) is 0 Å². The molecule has 3 nitrogen and oxygen atoms in total. The lowest BCUT2D eigenvalue weighted by atomic mass is 9.94. The zero-order valence-electron chi connectivity index (χ0n) is 10.5. The smallest absolute Gasteiger partial charge is 0.232 e. The summed E-state index contributed by atoms with van der Waals surface area (Å²) in [6.45, 7) is 1.74. The van der Waals surface area contributed by atoms with Gasteiger partial charge >= 0.3 is 0 Å². The van der Waals surface area contributed by atoms with E-state index in [2.05, 4.69) is 10.3 Å². The van der Waals surface area contributed by atoms with Gasteiger partial charge < -0.3 is 5.32 Å². The highest BCUT2D eigenvalue weighted by Gasteiger charge is 2.31. The van der Waals surface area contributed by atoms with Crippen LogP contribution < -0.4 is 5.32 Å². The van der Waals surface area contributed by atoms with Crippen LogP contribution in [0.1, 0.15) is 6.92 Å². The van der Waals surface area contributed by atoms with Gasteiger partial charge in [-0.1, -0.05) is 18.2 Å². The predicted octanol–water partition coefficient (Wildman–Crippen LogP) is 3.66. The van der Waals surface area contributed by atoms with Crippen LogP contribution in [0.15, 0.2) is 36.5 Å². The first kappa shape index (κ1) is 14.1. The molecule has 0 aliphatic rings. The fourth-order valence-corrected chi connectivity index (χ4v) is 2.16. The number of pyridine rings is 1. The Balaban J connectivity index is 2.34. The van der Waals surface area contributed by atoms with E-state index in [-0.39, 0.29) is 17.7 Å². The Bertz CT molecular complexity index is 592. The quantitative estimate of drug-likeness (QED) is 0.875. The number of rotatable bonds is 4. The maximum Gasteiger partial charge on any atom is 0.232 e. The van der Waals surface area contributed by atoms with Crippen LogP contribution in [-0.4, -0.2) is 22.7 Å². The number of fused-ring (bicyclic) bond motifs is 1. The molecule has 0 atom stereocenters. The molecule has 0 saturated heterocycles. The van der Waals surface area contributed by atoms with E-state index in [0.717, 1.165) is 10.9 Å². The summed E-state index contributed by atoms with van der Waals surface area (Å²) in [7, 11) is 0. The largest absolute Gasteiger partial charge is 0.324 e. The van der Waals surface area contributed by atoms with E-state index < -0.39 is 5.41 Å². The van der Waals surface area contributed by atoms with Crippen molar-refractivity contribution in [1.82, 2.24) is 4.98 Å². The molecule has 1 amide bonds. The Kier molecular flexibility index (Phi) is 4.27. The number of amides is 1. The van der Waals surface area contributed by atoms with Crippen molar-refractivity contribution in [2.24, 2.45) is 5.41 Å². The summed E-state index contributed by atoms with van der Waals surface area (Å²) in [6, 6.07) is 9.44. The van der Waals surface area contributed by atoms with Crippen LogP contribution >= 0.6 is 23.2 Å². The topological polar surface area (TPSA) is 42.0 Å². The number of hydrogen-bond donors (Lipinski definition) is 1. The van der Waals surface area contributed by atoms with Crippen molar-refractivity contribution in [3.63, 3.8) is 0 Å². The van der Waals surface area contributed by atoms with Gasteiger partial charge in [-0.05, 0) is 19.1 Å². The number of carbonyl (C=O) groups is 1. The number of nitrogens with one attached hydrogen (secondary N) is 1. The first-order valence-electron chi connectivity index (χ1n) is 5.88. The predicted molar refractivity (Wildman–Crippen MR) is 79.9 cm³/mol. The molecule has 0 aliphatic carbocycles. The summed E-state index contributed by atoms with van der Waals surface area (Å²) in [5.74, 6) is 0.136. The summed E-state index contributed by atoms with van der Waals surface area (Å²) in [4.78, 5) is 16.5. The van der Waals surface area contributed by atoms with Gasteiger partial charge in [0.05, 0.1) is 16.6 Å². The first-order chi connectivity index (χ1) is 9.10. The third kappa shape index (κ3) is 2.82. The molecule has 19 heavy (non-hydrogen) atoms. The van der Waals surface area contributed by atoms with Crippen LogP contribution in [0, 0.1) is 5.41 Å². The fraction of sp³-hybridized carbons (Fsp3) is 0.286. The number of nitrogens with zero attached hydrogens (tertiary/aromatic N) is 1. The highest BCUT2D eigenvalue weighted by molar-refractivity contribution is 6.25. The minimum Gasteiger partial charge on any atom is -0.324 e. The van der Waals surface area contributed by atoms with Crippen molar-refractivity contribution in [2.75, 3.05) is 17.1 Å². The monoisotopic (exact) mass is 296 g/mol. The van der Waals surface area contributed by atoms with Crippen LogP contribution in [0.4, 0.5) is 5.69 Å². The number of benzene rings is 1. The van der Waals surface area contributed by atoms with Gasteiger partial charge in [0.1, 0.15) is 0 Å². The Labute approximate surface area is 121 Å². The van der Waals surface area contributed by atoms with E-state index in [9.17, 15) is 4.79 Å². The van der Waals surface area contributed by atoms with E-state index in [4.69, 9.17) is 23.2 Å². The maximum atomic E-state index is 12.2. The number of carbonyl (C=O) groups excluding carboxylic acids is 1. The molecule has 1 heterocycles. The summed E-state index contributed by atoms with van der Waals surface area (Å²) in [5, 5.41) is 3.83. The van der Waals surface area contributed by atoms with E-state index in [1.54, 1.807) is 13.1 Å². The third-order valence-corrected chi connectivity index (χ3v) is 4.20. The van der Waals surface area contributed by atoms with Crippen LogP contribution in [0.2, 0.25) is 0 Å². The van der Waals surface area contributed by atoms with Gasteiger partial charge in [0.2, 0.25) is 5.91 Å². The number of alkyl halides is 2. The molecule has 0 fully saturated rings. The molecule has 0 unspecified atom stereocenters. The standard InChI is InChI=1S/C14H14Cl2N2O/c1-14(8-15,9-16)13(19)18-11-6-2-4-10-5-3-7-17-12(10)11/h2-7H,8-9H2,1H3,(H,18,19). The lowest BCUT2D eigenvalue weighted by Gasteiger charge is -2.23. The highest BCUT2D eigenvalue weighted by atomic mass is 35.5. The average Bonchev–Trinajstić information content (AvgIpc) is 2.46. The van der Waals surface area contributed by atoms with Crippen molar-refractivity contribution < 1.29 is 4.79 Å². The second-order valence-corrected chi connectivity index (χ2v) is 5.20. The van der Waals surface area contributed by atoms with Crippen molar-refractivity contribution in [2.45, 2.75) is 6.92 Å². The summed E-state index contributed by atoms with van der Waals surface area (Å²) >= 11 is 11.7. The molecule has 2 aromatic rings. The summed E-state index contributed by atoms with van der Waals surface area (Å²) < 4.78 is 0. The minimum absolute atomic E-state index is 0.167. The van der Waals surface area contributed by atoms with Crippen LogP contribution in [0.3, 0.4) is 0 Å². The third-order valence-electron chi connectivity index (χ3n) is 3.02. The van der Waals surface area contributed by atoms with Gasteiger partial charge in [0.25, 0.3) is 0 Å². The van der Waals surface area contributed by atoms with Crippen molar-refractivity contribution in [3.05, 3.63) is 36.5 Å². The Hall–Kier alpha value is -1.32. The highest BCUT2D eigenvalue weighted by Crippen LogP contribution is 2.26. The van der Waals surface area contributed by atoms with Crippen molar-refractivity contribution >= 4 is 45.7 Å². The van der Waals surface area contributed by atoms with Gasteiger partial charge in [-0.25, -0.2) is 0 Å². The molecule has 2 rings (SSSR count). The minimum atomic E-state index is -0.792. The van der Waals surface area contributed by atoms with E-state index in [1.165, 1.54) is 0 Å². The van der Waals surface area contributed by atoms with Crippen molar-refractivity contribution in [3.8, 4) is 0 Å². The second-order valence-electron chi connectivity index (χ2n) is 4.66. The molecule has 0 aliphatic heterocycles. The van der Waals surface area contributed by atoms with Gasteiger partial charge in [0, 0.05) is 23.3 Å². The van der Waals surface area contributed by atoms with Crippen LogP contribution in [-0.2, 0) is 4.79 Å². The molecule has 1 aromatic heterocycles. The number of hydrogen-bond acceptors (Lipinski definition) is 2. The van der Waals surface area contributed by atoms with E-state index in [1.807, 2.05) is 30.3 Å². The second kappa shape index (κ2) is 5.76. The lowest BCUT2D eigenvalue weighted by molar-refractivity contribution is -0.122. The van der Waals surface area contributed by atoms with Gasteiger partial charge in [-0.3, -0.25) is 9.78 Å². The SMILES string of the molecule is CC(CCl)(CCl)C(=O)Nc1cccc2cccnc12. The number of aromatic nitrogens is 1. The maximum absolute atomic E-state index is 12.2. The molecule has 0 saturated carbocycles. The number of anilines is 1. The molecule has 100 valence electrons. The molecule has 5 heteroatoms. The molecular formula is C14H14Cl2N2O. The Morgan fingerprint density at radius 1 is 1.26 bits per heavy atom. The zero-order chi connectivity index (χ0) is 13.9. The molecule has 1 aromatic carbocycles. The molecule has 0 bridgehead atoms. The molecule has 1 N–H and O–H groups in total. The molecular weight excluding hydrogens is 283 g/mol. The first-order valence-corrected chi connectivity index (χ1v) is 6.95. The lowest BCUT2D eigenvalue weighted by Crippen LogP contribution is -2.36. The van der Waals surface area contributed by atoms with Crippen LogP contribution in [0.25, 0.3) is 10.9 Å². The average molecular weight is 297 g/mol. The van der Waals surface area contributed by atoms with Gasteiger partial charge in [-0.15, -0.1) is 23.2 Å². The zero-order valence-corrected chi connectivity index (χ0v) is 12.0. The van der Waals surface area contributed by atoms with Crippen LogP contribution in [0.5, 0.6) is 0 Å². The van der Waals surface area contributed by atoms with E-state index in [0.29, 0.717) is 5.69 Å². The van der Waals surface area contributed by atoms with Gasteiger partial charge in [0.15, 0.2) is 0 Å². The Morgan fingerprint density at radius 3 is 2.63 bits per heavy atom. The molecule has 0 spiro atoms. The molecule has 0 radical (unpaired) electrons. The van der Waals surface area contributed by atoms with Crippen molar-refractivity contribution in [1.29, 1.82) is 0 Å². The van der Waals surface area contributed by atoms with E-state index >= 15 is 0 Å². The summed E-state index contributed by atoms with van der Waals surface area (Å²) in [5.41, 5.74) is 0.634. The number of halogens is 2. The fourth-order valence-electron chi connectivity index (χ4n) is 1.64. The normalized spacial score (nSPS) is 11.5. The summed E-state index contributed by atoms with van der Waals surface area (Å²) in [6.07, 6.45) is 1.69. The Morgan fingerprint density at radius 2 is 1.95 bits per heavy atom. The number of para-hydroxylation sites is 1.